The zero-order valence-electron chi connectivity index (χ0n) is 18.7. The molecule has 2 bridgehead atoms. The normalized spacial score (nSPS) is 30.4. The highest BCUT2D eigenvalue weighted by Crippen LogP contribution is 2.65. The second-order valence-electron chi connectivity index (χ2n) is 9.78. The van der Waals surface area contributed by atoms with Crippen molar-refractivity contribution in [1.29, 1.82) is 0 Å². The molecule has 3 fully saturated rings. The van der Waals surface area contributed by atoms with Crippen LogP contribution in [0.1, 0.15) is 29.3 Å². The monoisotopic (exact) mass is 494 g/mol. The minimum atomic E-state index is -0.345. The van der Waals surface area contributed by atoms with E-state index < -0.39 is 0 Å². The van der Waals surface area contributed by atoms with Crippen LogP contribution in [0.5, 0.6) is 0 Å². The molecular weight excluding hydrogens is 471 g/mol. The summed E-state index contributed by atoms with van der Waals surface area (Å²) in [5, 5.41) is 0.627. The lowest BCUT2D eigenvalue weighted by atomic mass is 9.63. The molecule has 7 heteroatoms. The van der Waals surface area contributed by atoms with Gasteiger partial charge in [0.25, 0.3) is 5.91 Å². The van der Waals surface area contributed by atoms with E-state index in [1.54, 1.807) is 12.1 Å². The molecule has 0 radical (unpaired) electrons. The number of carbonyl (C=O) groups is 3. The molecule has 1 aliphatic heterocycles. The van der Waals surface area contributed by atoms with Gasteiger partial charge in [-0.2, -0.15) is 0 Å². The van der Waals surface area contributed by atoms with Crippen molar-refractivity contribution in [2.75, 3.05) is 11.6 Å². The summed E-state index contributed by atoms with van der Waals surface area (Å²) in [5.41, 5.74) is 2.09. The summed E-state index contributed by atoms with van der Waals surface area (Å²) in [6, 6.07) is 12.3. The number of anilines is 1. The number of aryl methyl sites for hydroxylation is 1. The lowest BCUT2D eigenvalue weighted by Crippen LogP contribution is -2.45. The number of rotatable bonds is 5. The predicted molar refractivity (Wildman–Crippen MR) is 131 cm³/mol. The molecule has 7 rings (SSSR count). The van der Waals surface area contributed by atoms with Gasteiger partial charge in [0, 0.05) is 11.3 Å². The third kappa shape index (κ3) is 3.24. The Morgan fingerprint density at radius 3 is 2.12 bits per heavy atom. The van der Waals surface area contributed by atoms with Gasteiger partial charge in [-0.15, -0.1) is 0 Å². The van der Waals surface area contributed by atoms with E-state index >= 15 is 0 Å². The zero-order valence-corrected chi connectivity index (χ0v) is 20.2. The number of imide groups is 1. The van der Waals surface area contributed by atoms with Gasteiger partial charge >= 0.3 is 0 Å². The lowest BCUT2D eigenvalue weighted by Gasteiger charge is -2.37. The van der Waals surface area contributed by atoms with Gasteiger partial charge in [0.05, 0.1) is 21.9 Å². The van der Waals surface area contributed by atoms with Crippen molar-refractivity contribution in [2.24, 2.45) is 35.5 Å². The van der Waals surface area contributed by atoms with Crippen molar-refractivity contribution in [3.05, 3.63) is 75.8 Å². The van der Waals surface area contributed by atoms with E-state index in [0.717, 1.165) is 18.4 Å². The molecule has 0 unspecified atom stereocenters. The molecule has 3 amide bonds. The van der Waals surface area contributed by atoms with Crippen LogP contribution in [-0.2, 0) is 16.0 Å². The minimum Gasteiger partial charge on any atom is -0.290 e. The molecule has 1 heterocycles. The molecule has 4 aliphatic carbocycles. The standard InChI is InChI=1S/C27H24Cl2N2O3/c1-2-14-3-6-16(7-4-14)30(25(32)15-5-10-21(28)22(29)11-15)13-31-26(33)23-17-8-9-18(20-12-19(17)20)24(23)27(31)34/h3-11,17-20,23-24H,2,12-13H2,1H3/t17-,18-,19-,20-,23+,24+/m1/s1. The molecule has 0 aromatic heterocycles. The van der Waals surface area contributed by atoms with E-state index in [0.29, 0.717) is 28.1 Å². The fourth-order valence-corrected chi connectivity index (χ4v) is 6.56. The number of hydrogen-bond acceptors (Lipinski definition) is 3. The van der Waals surface area contributed by atoms with Crippen molar-refractivity contribution in [3.63, 3.8) is 0 Å². The molecule has 1 saturated heterocycles. The molecule has 0 N–H and O–H groups in total. The highest BCUT2D eigenvalue weighted by molar-refractivity contribution is 6.42. The number of likely N-dealkylation sites (tertiary alicyclic amines) is 1. The number of amides is 3. The van der Waals surface area contributed by atoms with Crippen LogP contribution in [0, 0.1) is 35.5 Å². The quantitative estimate of drug-likeness (QED) is 0.423. The van der Waals surface area contributed by atoms with Crippen molar-refractivity contribution in [2.45, 2.75) is 19.8 Å². The first-order chi connectivity index (χ1) is 16.4. The Kier molecular flexibility index (Phi) is 5.12. The van der Waals surface area contributed by atoms with Crippen LogP contribution in [0.4, 0.5) is 5.69 Å². The number of allylic oxidation sites excluding steroid dienone is 2. The molecule has 2 aromatic rings. The average Bonchev–Trinajstić information content (AvgIpc) is 3.64. The summed E-state index contributed by atoms with van der Waals surface area (Å²) < 4.78 is 0. The summed E-state index contributed by atoms with van der Waals surface area (Å²) in [5.74, 6) is 0.100. The number of benzene rings is 2. The topological polar surface area (TPSA) is 57.7 Å². The molecule has 5 aliphatic rings. The van der Waals surface area contributed by atoms with Gasteiger partial charge in [0.1, 0.15) is 6.67 Å². The Morgan fingerprint density at radius 2 is 1.56 bits per heavy atom. The Labute approximate surface area is 208 Å². The predicted octanol–water partition coefficient (Wildman–Crippen LogP) is 5.21. The van der Waals surface area contributed by atoms with Crippen LogP contribution in [0.15, 0.2) is 54.6 Å². The first-order valence-corrected chi connectivity index (χ1v) is 12.5. The average molecular weight is 495 g/mol. The van der Waals surface area contributed by atoms with Crippen molar-refractivity contribution < 1.29 is 14.4 Å². The largest absolute Gasteiger partial charge is 0.290 e. The van der Waals surface area contributed by atoms with E-state index in [4.69, 9.17) is 23.2 Å². The molecule has 2 saturated carbocycles. The second-order valence-corrected chi connectivity index (χ2v) is 10.6. The third-order valence-corrected chi connectivity index (χ3v) is 8.84. The Morgan fingerprint density at radius 1 is 0.941 bits per heavy atom. The Hall–Kier alpha value is -2.63. The summed E-state index contributed by atoms with van der Waals surface area (Å²) in [6.45, 7) is 1.94. The summed E-state index contributed by atoms with van der Waals surface area (Å²) >= 11 is 12.2. The zero-order chi connectivity index (χ0) is 23.7. The fourth-order valence-electron chi connectivity index (χ4n) is 6.26. The van der Waals surface area contributed by atoms with E-state index in [2.05, 4.69) is 19.1 Å². The molecule has 174 valence electrons. The molecule has 6 atom stereocenters. The summed E-state index contributed by atoms with van der Waals surface area (Å²) in [4.78, 5) is 43.5. The molecule has 34 heavy (non-hydrogen) atoms. The van der Waals surface area contributed by atoms with Crippen LogP contribution >= 0.6 is 23.2 Å². The van der Waals surface area contributed by atoms with E-state index in [-0.39, 0.29) is 53.1 Å². The minimum absolute atomic E-state index is 0.121. The number of nitrogens with zero attached hydrogens (tertiary/aromatic N) is 2. The number of hydrogen-bond donors (Lipinski definition) is 0. The fraction of sp³-hybridized carbons (Fsp3) is 0.370. The van der Waals surface area contributed by atoms with Gasteiger partial charge in [-0.25, -0.2) is 0 Å². The van der Waals surface area contributed by atoms with E-state index in [1.165, 1.54) is 15.9 Å². The molecule has 2 aromatic carbocycles. The van der Waals surface area contributed by atoms with E-state index in [9.17, 15) is 14.4 Å². The van der Waals surface area contributed by atoms with Gasteiger partial charge in [-0.1, -0.05) is 54.4 Å². The van der Waals surface area contributed by atoms with E-state index in [1.807, 2.05) is 24.3 Å². The lowest BCUT2D eigenvalue weighted by molar-refractivity contribution is -0.140. The SMILES string of the molecule is CCc1ccc(N(CN2C(=O)[C@H]3[C@@H]4C=C[C@H]([C@H]5C[C@H]45)[C@@H]3C2=O)C(=O)c2ccc(Cl)c(Cl)c2)cc1. The maximum Gasteiger partial charge on any atom is 0.259 e. The highest BCUT2D eigenvalue weighted by Gasteiger charge is 2.67. The van der Waals surface area contributed by atoms with Crippen LogP contribution in [-0.4, -0.2) is 29.3 Å². The van der Waals surface area contributed by atoms with Gasteiger partial charge in [-0.3, -0.25) is 24.2 Å². The van der Waals surface area contributed by atoms with Crippen molar-refractivity contribution in [1.82, 2.24) is 4.90 Å². The van der Waals surface area contributed by atoms with Crippen LogP contribution in [0.2, 0.25) is 10.0 Å². The first kappa shape index (κ1) is 21.9. The van der Waals surface area contributed by atoms with Gasteiger partial charge in [0.2, 0.25) is 11.8 Å². The Bertz CT molecular complexity index is 1200. The maximum atomic E-state index is 13.6. The number of halogens is 2. The Balaban J connectivity index is 1.34. The molecular formula is C27H24Cl2N2O3. The van der Waals surface area contributed by atoms with Gasteiger partial charge < -0.3 is 0 Å². The summed E-state index contributed by atoms with van der Waals surface area (Å²) in [6.07, 6.45) is 6.28. The summed E-state index contributed by atoms with van der Waals surface area (Å²) in [7, 11) is 0. The molecule has 5 nitrogen and oxygen atoms in total. The van der Waals surface area contributed by atoms with Crippen LogP contribution in [0.25, 0.3) is 0 Å². The smallest absolute Gasteiger partial charge is 0.259 e. The maximum absolute atomic E-state index is 13.6. The second kappa shape index (κ2) is 7.96. The highest BCUT2D eigenvalue weighted by atomic mass is 35.5. The van der Waals surface area contributed by atoms with Gasteiger partial charge in [0.15, 0.2) is 0 Å². The van der Waals surface area contributed by atoms with Crippen LogP contribution < -0.4 is 4.90 Å². The molecule has 0 spiro atoms. The first-order valence-electron chi connectivity index (χ1n) is 11.8. The van der Waals surface area contributed by atoms with Crippen molar-refractivity contribution in [3.8, 4) is 0 Å². The van der Waals surface area contributed by atoms with Crippen molar-refractivity contribution >= 4 is 46.6 Å². The number of carbonyl (C=O) groups excluding carboxylic acids is 3. The third-order valence-electron chi connectivity index (χ3n) is 8.10. The van der Waals surface area contributed by atoms with Crippen LogP contribution in [0.3, 0.4) is 0 Å². The van der Waals surface area contributed by atoms with Gasteiger partial charge in [-0.05, 0) is 72.4 Å².